The number of hydrogen-bond acceptors (Lipinski definition) is 4. The number of likely N-dealkylation sites (tertiary alicyclic amines) is 1. The van der Waals surface area contributed by atoms with E-state index >= 15 is 0 Å². The van der Waals surface area contributed by atoms with Crippen molar-refractivity contribution in [1.29, 1.82) is 0 Å². The molecule has 0 aliphatic carbocycles. The van der Waals surface area contributed by atoms with Gasteiger partial charge in [-0.1, -0.05) is 35.9 Å². The van der Waals surface area contributed by atoms with Crippen molar-refractivity contribution in [3.8, 4) is 5.75 Å². The first-order chi connectivity index (χ1) is 15.1. The minimum atomic E-state index is -0.650. The summed E-state index contributed by atoms with van der Waals surface area (Å²) in [6.07, 6.45) is 1.46. The highest BCUT2D eigenvalue weighted by atomic mass is 35.5. The minimum absolute atomic E-state index is 0.303. The van der Waals surface area contributed by atoms with E-state index < -0.39 is 6.10 Å². The van der Waals surface area contributed by atoms with Crippen LogP contribution in [0.3, 0.4) is 0 Å². The van der Waals surface area contributed by atoms with Crippen LogP contribution in [0, 0.1) is 0 Å². The topological polar surface area (TPSA) is 69.1 Å². The van der Waals surface area contributed by atoms with Crippen LogP contribution in [0.5, 0.6) is 5.75 Å². The van der Waals surface area contributed by atoms with Crippen molar-refractivity contribution < 1.29 is 9.84 Å². The van der Waals surface area contributed by atoms with Gasteiger partial charge in [-0.05, 0) is 55.2 Å². The molecule has 168 valence electrons. The van der Waals surface area contributed by atoms with Crippen molar-refractivity contribution in [2.24, 2.45) is 4.99 Å². The summed E-state index contributed by atoms with van der Waals surface area (Å²) in [5.41, 5.74) is 2.12. The average molecular weight is 445 g/mol. The average Bonchev–Trinajstić information content (AvgIpc) is 2.80. The summed E-state index contributed by atoms with van der Waals surface area (Å²) in [7, 11) is 1.63. The molecule has 1 unspecified atom stereocenters. The third-order valence-electron chi connectivity index (χ3n) is 5.51. The van der Waals surface area contributed by atoms with Crippen LogP contribution in [0.1, 0.15) is 37.0 Å². The Kier molecular flexibility index (Phi) is 9.00. The van der Waals surface area contributed by atoms with Crippen molar-refractivity contribution in [1.82, 2.24) is 15.5 Å². The third kappa shape index (κ3) is 7.42. The lowest BCUT2D eigenvalue weighted by Crippen LogP contribution is -2.48. The van der Waals surface area contributed by atoms with E-state index in [0.717, 1.165) is 61.3 Å². The first kappa shape index (κ1) is 23.4. The molecule has 1 aliphatic rings. The van der Waals surface area contributed by atoms with Gasteiger partial charge >= 0.3 is 0 Å². The molecule has 1 fully saturated rings. The van der Waals surface area contributed by atoms with Crippen LogP contribution < -0.4 is 15.4 Å². The highest BCUT2D eigenvalue weighted by Gasteiger charge is 2.20. The fourth-order valence-corrected chi connectivity index (χ4v) is 3.83. The molecule has 0 aromatic heterocycles. The highest BCUT2D eigenvalue weighted by Crippen LogP contribution is 2.18. The zero-order chi connectivity index (χ0) is 22.1. The van der Waals surface area contributed by atoms with Crippen LogP contribution in [0.15, 0.2) is 53.5 Å². The van der Waals surface area contributed by atoms with Gasteiger partial charge in [-0.25, -0.2) is 0 Å². The van der Waals surface area contributed by atoms with Crippen LogP contribution in [0.4, 0.5) is 0 Å². The van der Waals surface area contributed by atoms with Gasteiger partial charge in [0.2, 0.25) is 0 Å². The Balaban J connectivity index is 1.48. The third-order valence-corrected chi connectivity index (χ3v) is 5.77. The van der Waals surface area contributed by atoms with Gasteiger partial charge in [-0.3, -0.25) is 9.89 Å². The number of piperidine rings is 1. The summed E-state index contributed by atoms with van der Waals surface area (Å²) in [6, 6.07) is 15.9. The minimum Gasteiger partial charge on any atom is -0.497 e. The number of guanidine groups is 1. The summed E-state index contributed by atoms with van der Waals surface area (Å²) < 4.78 is 5.17. The summed E-state index contributed by atoms with van der Waals surface area (Å²) in [6.45, 7) is 6.15. The van der Waals surface area contributed by atoms with E-state index in [1.807, 2.05) is 43.3 Å². The molecule has 0 saturated carbocycles. The molecule has 0 spiro atoms. The molecule has 2 aromatic carbocycles. The molecule has 3 rings (SSSR count). The number of aliphatic hydroxyl groups is 1. The van der Waals surface area contributed by atoms with Crippen molar-refractivity contribution in [2.75, 3.05) is 33.3 Å². The number of nitrogens with zero attached hydrogens (tertiary/aromatic N) is 2. The Hall–Kier alpha value is -2.28. The number of nitrogens with one attached hydrogen (secondary N) is 2. The van der Waals surface area contributed by atoms with Crippen LogP contribution in [-0.2, 0) is 6.54 Å². The van der Waals surface area contributed by atoms with Gasteiger partial charge in [0.1, 0.15) is 5.75 Å². The van der Waals surface area contributed by atoms with E-state index in [4.69, 9.17) is 16.3 Å². The molecule has 7 heteroatoms. The standard InChI is InChI=1S/C24H33ClN4O2/c1-3-26-24(27-16-23(30)19-6-10-22(31-2)11-7-19)28-21-12-14-29(15-13-21)17-18-4-8-20(25)9-5-18/h4-11,21,23,30H,3,12-17H2,1-2H3,(H2,26,27,28). The molecule has 1 atom stereocenters. The maximum atomic E-state index is 10.5. The molecule has 31 heavy (non-hydrogen) atoms. The SMILES string of the molecule is CCNC(=NCC(O)c1ccc(OC)cc1)NC1CCN(Cc2ccc(Cl)cc2)CC1. The number of benzene rings is 2. The van der Waals surface area contributed by atoms with Crippen molar-refractivity contribution in [3.05, 3.63) is 64.7 Å². The molecule has 3 N–H and O–H groups in total. The largest absolute Gasteiger partial charge is 0.497 e. The van der Waals surface area contributed by atoms with Crippen LogP contribution in [0.25, 0.3) is 0 Å². The molecule has 1 saturated heterocycles. The number of ether oxygens (including phenoxy) is 1. The first-order valence-corrected chi connectivity index (χ1v) is 11.3. The Labute approximate surface area is 190 Å². The van der Waals surface area contributed by atoms with E-state index in [-0.39, 0.29) is 0 Å². The van der Waals surface area contributed by atoms with Gasteiger partial charge in [0.15, 0.2) is 5.96 Å². The van der Waals surface area contributed by atoms with Crippen molar-refractivity contribution >= 4 is 17.6 Å². The zero-order valence-electron chi connectivity index (χ0n) is 18.4. The molecule has 0 bridgehead atoms. The predicted molar refractivity (Wildman–Crippen MR) is 127 cm³/mol. The lowest BCUT2D eigenvalue weighted by atomic mass is 10.0. The molecule has 1 aliphatic heterocycles. The van der Waals surface area contributed by atoms with Gasteiger partial charge in [-0.2, -0.15) is 0 Å². The quantitative estimate of drug-likeness (QED) is 0.428. The lowest BCUT2D eigenvalue weighted by molar-refractivity contribution is 0.186. The zero-order valence-corrected chi connectivity index (χ0v) is 19.1. The summed E-state index contributed by atoms with van der Waals surface area (Å²) in [5.74, 6) is 1.53. The second-order valence-corrected chi connectivity index (χ2v) is 8.27. The molecule has 0 amide bonds. The number of hydrogen-bond donors (Lipinski definition) is 3. The highest BCUT2D eigenvalue weighted by molar-refractivity contribution is 6.30. The van der Waals surface area contributed by atoms with Gasteiger partial charge in [0.05, 0.1) is 19.8 Å². The first-order valence-electron chi connectivity index (χ1n) is 10.9. The van der Waals surface area contributed by atoms with Crippen LogP contribution >= 0.6 is 11.6 Å². The van der Waals surface area contributed by atoms with E-state index in [1.165, 1.54) is 5.56 Å². The van der Waals surface area contributed by atoms with Gasteiger partial charge in [0.25, 0.3) is 0 Å². The van der Waals surface area contributed by atoms with Gasteiger partial charge in [-0.15, -0.1) is 0 Å². The number of rotatable bonds is 8. The van der Waals surface area contributed by atoms with Gasteiger partial charge < -0.3 is 20.5 Å². The Morgan fingerprint density at radius 3 is 2.45 bits per heavy atom. The number of aliphatic hydroxyl groups excluding tert-OH is 1. The predicted octanol–water partition coefficient (Wildman–Crippen LogP) is 3.60. The fraction of sp³-hybridized carbons (Fsp3) is 0.458. The number of halogens is 1. The van der Waals surface area contributed by atoms with Crippen LogP contribution in [-0.4, -0.2) is 55.3 Å². The van der Waals surface area contributed by atoms with Gasteiger partial charge in [0, 0.05) is 37.2 Å². The Bertz CT molecular complexity index is 818. The number of aliphatic imine (C=N–C) groups is 1. The summed E-state index contributed by atoms with van der Waals surface area (Å²) >= 11 is 5.98. The Morgan fingerprint density at radius 1 is 1.16 bits per heavy atom. The van der Waals surface area contributed by atoms with E-state index in [9.17, 15) is 5.11 Å². The molecular weight excluding hydrogens is 412 g/mol. The maximum absolute atomic E-state index is 10.5. The van der Waals surface area contributed by atoms with Crippen LogP contribution in [0.2, 0.25) is 5.02 Å². The van der Waals surface area contributed by atoms with E-state index in [0.29, 0.717) is 12.6 Å². The molecular formula is C24H33ClN4O2. The van der Waals surface area contributed by atoms with E-state index in [1.54, 1.807) is 7.11 Å². The van der Waals surface area contributed by atoms with Crippen molar-refractivity contribution in [2.45, 2.75) is 38.5 Å². The maximum Gasteiger partial charge on any atom is 0.191 e. The summed E-state index contributed by atoms with van der Waals surface area (Å²) in [4.78, 5) is 7.08. The second kappa shape index (κ2) is 11.9. The summed E-state index contributed by atoms with van der Waals surface area (Å²) in [5, 5.41) is 18.1. The molecule has 6 nitrogen and oxygen atoms in total. The smallest absolute Gasteiger partial charge is 0.191 e. The lowest BCUT2D eigenvalue weighted by Gasteiger charge is -2.33. The normalized spacial score (nSPS) is 16.7. The fourth-order valence-electron chi connectivity index (χ4n) is 3.71. The van der Waals surface area contributed by atoms with Crippen molar-refractivity contribution in [3.63, 3.8) is 0 Å². The number of methoxy groups -OCH3 is 1. The van der Waals surface area contributed by atoms with E-state index in [2.05, 4.69) is 32.7 Å². The second-order valence-electron chi connectivity index (χ2n) is 7.83. The Morgan fingerprint density at radius 2 is 1.84 bits per heavy atom. The molecule has 1 heterocycles. The molecule has 0 radical (unpaired) electrons. The molecule has 2 aromatic rings. The monoisotopic (exact) mass is 444 g/mol.